The molecule has 144 valence electrons. The second kappa shape index (κ2) is 7.89. The van der Waals surface area contributed by atoms with Crippen LogP contribution in [0.2, 0.25) is 0 Å². The van der Waals surface area contributed by atoms with Gasteiger partial charge >= 0.3 is 0 Å². The molecule has 1 unspecified atom stereocenters. The van der Waals surface area contributed by atoms with Crippen molar-refractivity contribution in [2.24, 2.45) is 0 Å². The number of carbonyl (C=O) groups is 1. The molecule has 2 aromatic carbocycles. The first-order valence-corrected chi connectivity index (χ1v) is 9.66. The average Bonchev–Trinajstić information content (AvgIpc) is 3.16. The van der Waals surface area contributed by atoms with Crippen LogP contribution in [0.15, 0.2) is 60.8 Å². The number of amides is 1. The highest BCUT2D eigenvalue weighted by molar-refractivity contribution is 5.94. The van der Waals surface area contributed by atoms with Gasteiger partial charge in [0.15, 0.2) is 0 Å². The molecule has 0 radical (unpaired) electrons. The van der Waals surface area contributed by atoms with Gasteiger partial charge in [-0.25, -0.2) is 0 Å². The molecule has 0 bridgehead atoms. The van der Waals surface area contributed by atoms with Crippen LogP contribution in [0.1, 0.15) is 30.6 Å². The van der Waals surface area contributed by atoms with E-state index in [-0.39, 0.29) is 18.1 Å². The zero-order valence-electron chi connectivity index (χ0n) is 16.2. The minimum absolute atomic E-state index is 0.0261. The molecule has 1 saturated heterocycles. The largest absolute Gasteiger partial charge is 0.491 e. The van der Waals surface area contributed by atoms with Gasteiger partial charge in [0.2, 0.25) is 0 Å². The lowest BCUT2D eigenvalue weighted by atomic mass is 10.2. The van der Waals surface area contributed by atoms with Gasteiger partial charge in [-0.05, 0) is 50.2 Å². The summed E-state index contributed by atoms with van der Waals surface area (Å²) in [5, 5.41) is 1.05. The van der Waals surface area contributed by atoms with Crippen molar-refractivity contribution in [3.63, 3.8) is 0 Å². The normalized spacial score (nSPS) is 16.5. The van der Waals surface area contributed by atoms with Gasteiger partial charge in [-0.2, -0.15) is 0 Å². The van der Waals surface area contributed by atoms with Crippen LogP contribution in [0.25, 0.3) is 10.9 Å². The van der Waals surface area contributed by atoms with Crippen LogP contribution in [0.5, 0.6) is 11.5 Å². The van der Waals surface area contributed by atoms with Crippen LogP contribution in [-0.2, 0) is 0 Å². The molecular formula is C23H24N2O3. The zero-order valence-corrected chi connectivity index (χ0v) is 16.2. The summed E-state index contributed by atoms with van der Waals surface area (Å²) < 4.78 is 11.8. The molecule has 5 heteroatoms. The number of hydrogen-bond acceptors (Lipinski definition) is 4. The number of likely N-dealkylation sites (tertiary alicyclic amines) is 1. The molecule has 1 aromatic heterocycles. The fraction of sp³-hybridized carbons (Fsp3) is 0.304. The van der Waals surface area contributed by atoms with Crippen molar-refractivity contribution >= 4 is 16.8 Å². The Balaban J connectivity index is 1.41. The lowest BCUT2D eigenvalue weighted by Gasteiger charge is -2.18. The first-order chi connectivity index (χ1) is 13.6. The summed E-state index contributed by atoms with van der Waals surface area (Å²) in [6.45, 7) is 5.22. The van der Waals surface area contributed by atoms with Crippen molar-refractivity contribution in [3.05, 3.63) is 66.4 Å². The van der Waals surface area contributed by atoms with Crippen LogP contribution in [-0.4, -0.2) is 41.1 Å². The highest BCUT2D eigenvalue weighted by atomic mass is 16.5. The standard InChI is InChI=1S/C23H24N2O3/c1-16(2)27-19-10-8-18(9-11-19)23(26)25-14-12-20(15-25)28-21-7-3-5-17-6-4-13-24-22(17)21/h3-11,13,16,20H,12,14-15H2,1-2H3. The third-order valence-corrected chi connectivity index (χ3v) is 4.79. The second-order valence-corrected chi connectivity index (χ2v) is 7.30. The first kappa shape index (κ1) is 18.3. The summed E-state index contributed by atoms with van der Waals surface area (Å²) in [6, 6.07) is 17.2. The lowest BCUT2D eigenvalue weighted by Crippen LogP contribution is -2.30. The number of hydrogen-bond donors (Lipinski definition) is 0. The number of pyridine rings is 1. The lowest BCUT2D eigenvalue weighted by molar-refractivity contribution is 0.0772. The van der Waals surface area contributed by atoms with Gasteiger partial charge in [0, 0.05) is 30.1 Å². The Morgan fingerprint density at radius 3 is 2.68 bits per heavy atom. The predicted octanol–water partition coefficient (Wildman–Crippen LogP) is 4.32. The third-order valence-electron chi connectivity index (χ3n) is 4.79. The van der Waals surface area contributed by atoms with E-state index in [1.807, 2.05) is 73.3 Å². The highest BCUT2D eigenvalue weighted by Crippen LogP contribution is 2.26. The van der Waals surface area contributed by atoms with Crippen LogP contribution >= 0.6 is 0 Å². The number of carbonyl (C=O) groups excluding carboxylic acids is 1. The van der Waals surface area contributed by atoms with Gasteiger partial charge in [-0.1, -0.05) is 18.2 Å². The van der Waals surface area contributed by atoms with Crippen LogP contribution in [0.4, 0.5) is 0 Å². The number of benzene rings is 2. The van der Waals surface area contributed by atoms with Gasteiger partial charge in [-0.3, -0.25) is 9.78 Å². The van der Waals surface area contributed by atoms with Gasteiger partial charge < -0.3 is 14.4 Å². The Bertz CT molecular complexity index is 964. The minimum atomic E-state index is -0.0277. The predicted molar refractivity (Wildman–Crippen MR) is 109 cm³/mol. The van der Waals surface area contributed by atoms with Gasteiger partial charge in [-0.15, -0.1) is 0 Å². The summed E-state index contributed by atoms with van der Waals surface area (Å²) in [7, 11) is 0. The van der Waals surface area contributed by atoms with E-state index in [4.69, 9.17) is 9.47 Å². The maximum absolute atomic E-state index is 12.8. The summed E-state index contributed by atoms with van der Waals surface area (Å²) in [5.74, 6) is 1.57. The second-order valence-electron chi connectivity index (χ2n) is 7.30. The monoisotopic (exact) mass is 376 g/mol. The molecule has 1 fully saturated rings. The van der Waals surface area contributed by atoms with Crippen molar-refractivity contribution in [2.45, 2.75) is 32.5 Å². The van der Waals surface area contributed by atoms with Crippen LogP contribution in [0.3, 0.4) is 0 Å². The molecule has 0 saturated carbocycles. The van der Waals surface area contributed by atoms with E-state index in [9.17, 15) is 4.79 Å². The number of para-hydroxylation sites is 1. The topological polar surface area (TPSA) is 51.7 Å². The fourth-order valence-corrected chi connectivity index (χ4v) is 3.49. The molecular weight excluding hydrogens is 352 g/mol. The van der Waals surface area contributed by atoms with E-state index >= 15 is 0 Å². The molecule has 1 aliphatic rings. The molecule has 0 N–H and O–H groups in total. The number of aromatic nitrogens is 1. The number of fused-ring (bicyclic) bond motifs is 1. The van der Waals surface area contributed by atoms with Crippen LogP contribution < -0.4 is 9.47 Å². The Morgan fingerprint density at radius 1 is 1.11 bits per heavy atom. The molecule has 3 aromatic rings. The summed E-state index contributed by atoms with van der Waals surface area (Å²) >= 11 is 0. The van der Waals surface area contributed by atoms with Gasteiger partial charge in [0.1, 0.15) is 23.1 Å². The maximum Gasteiger partial charge on any atom is 0.253 e. The zero-order chi connectivity index (χ0) is 19.5. The van der Waals surface area contributed by atoms with E-state index < -0.39 is 0 Å². The van der Waals surface area contributed by atoms with Crippen molar-refractivity contribution in [3.8, 4) is 11.5 Å². The number of rotatable bonds is 5. The van der Waals surface area contributed by atoms with Crippen molar-refractivity contribution < 1.29 is 14.3 Å². The molecule has 4 rings (SSSR count). The third kappa shape index (κ3) is 3.93. The van der Waals surface area contributed by atoms with Crippen LogP contribution in [0, 0.1) is 0 Å². The van der Waals surface area contributed by atoms with Crippen molar-refractivity contribution in [1.29, 1.82) is 0 Å². The summed E-state index contributed by atoms with van der Waals surface area (Å²) in [4.78, 5) is 19.1. The molecule has 5 nitrogen and oxygen atoms in total. The Labute approximate surface area is 164 Å². The quantitative estimate of drug-likeness (QED) is 0.666. The van der Waals surface area contributed by atoms with Gasteiger partial charge in [0.05, 0.1) is 12.6 Å². The molecule has 1 atom stereocenters. The minimum Gasteiger partial charge on any atom is -0.491 e. The number of nitrogens with zero attached hydrogens (tertiary/aromatic N) is 2. The Hall–Kier alpha value is -3.08. The first-order valence-electron chi connectivity index (χ1n) is 9.66. The van der Waals surface area contributed by atoms with E-state index in [1.165, 1.54) is 0 Å². The molecule has 1 amide bonds. The fourth-order valence-electron chi connectivity index (χ4n) is 3.49. The molecule has 0 aliphatic carbocycles. The smallest absolute Gasteiger partial charge is 0.253 e. The number of ether oxygens (including phenoxy) is 2. The highest BCUT2D eigenvalue weighted by Gasteiger charge is 2.28. The van der Waals surface area contributed by atoms with E-state index in [2.05, 4.69) is 4.98 Å². The van der Waals surface area contributed by atoms with E-state index in [1.54, 1.807) is 6.20 Å². The average molecular weight is 376 g/mol. The summed E-state index contributed by atoms with van der Waals surface area (Å²) in [6.07, 6.45) is 2.66. The molecule has 0 spiro atoms. The molecule has 28 heavy (non-hydrogen) atoms. The Morgan fingerprint density at radius 2 is 1.89 bits per heavy atom. The van der Waals surface area contributed by atoms with Crippen molar-refractivity contribution in [1.82, 2.24) is 9.88 Å². The molecule has 2 heterocycles. The van der Waals surface area contributed by atoms with Crippen molar-refractivity contribution in [2.75, 3.05) is 13.1 Å². The maximum atomic E-state index is 12.8. The van der Waals surface area contributed by atoms with E-state index in [0.29, 0.717) is 18.7 Å². The van der Waals surface area contributed by atoms with Gasteiger partial charge in [0.25, 0.3) is 5.91 Å². The Kier molecular flexibility index (Phi) is 5.15. The van der Waals surface area contributed by atoms with E-state index in [0.717, 1.165) is 28.8 Å². The molecule has 1 aliphatic heterocycles. The summed E-state index contributed by atoms with van der Waals surface area (Å²) in [5.41, 5.74) is 1.53. The SMILES string of the molecule is CC(C)Oc1ccc(C(=O)N2CCC(Oc3cccc4cccnc34)C2)cc1.